The number of rotatable bonds is 4. The Morgan fingerprint density at radius 1 is 1.06 bits per heavy atom. The minimum atomic E-state index is 0.811. The standard InChI is InChI=1S/C12H12N2S2/c13-11-6-4-10(5-7-11)9-15-16-12-3-1-2-8-14-12/h1-8H,9,13H2. The van der Waals surface area contributed by atoms with Gasteiger partial charge in [-0.15, -0.1) is 0 Å². The van der Waals surface area contributed by atoms with Crippen LogP contribution in [-0.4, -0.2) is 4.98 Å². The molecule has 0 bridgehead atoms. The topological polar surface area (TPSA) is 38.9 Å². The molecule has 0 radical (unpaired) electrons. The van der Waals surface area contributed by atoms with Crippen LogP contribution in [0.1, 0.15) is 5.56 Å². The summed E-state index contributed by atoms with van der Waals surface area (Å²) in [5.74, 6) is 0.960. The summed E-state index contributed by atoms with van der Waals surface area (Å²) < 4.78 is 0. The van der Waals surface area contributed by atoms with Crippen molar-refractivity contribution in [3.63, 3.8) is 0 Å². The summed E-state index contributed by atoms with van der Waals surface area (Å²) in [5.41, 5.74) is 7.72. The summed E-state index contributed by atoms with van der Waals surface area (Å²) in [6.45, 7) is 0. The maximum Gasteiger partial charge on any atom is 0.106 e. The maximum absolute atomic E-state index is 5.62. The maximum atomic E-state index is 5.62. The Labute approximate surface area is 103 Å². The zero-order chi connectivity index (χ0) is 11.2. The lowest BCUT2D eigenvalue weighted by molar-refractivity contribution is 1.14. The Morgan fingerprint density at radius 2 is 1.88 bits per heavy atom. The van der Waals surface area contributed by atoms with Crippen molar-refractivity contribution in [3.05, 3.63) is 54.2 Å². The lowest BCUT2D eigenvalue weighted by Crippen LogP contribution is -1.84. The van der Waals surface area contributed by atoms with Gasteiger partial charge in [-0.3, -0.25) is 0 Å². The number of anilines is 1. The number of nitrogens with two attached hydrogens (primary N) is 1. The molecule has 0 saturated carbocycles. The first-order valence-corrected chi connectivity index (χ1v) is 7.21. The predicted molar refractivity (Wildman–Crippen MR) is 72.2 cm³/mol. The molecule has 1 aromatic carbocycles. The SMILES string of the molecule is Nc1ccc(CSSc2ccccn2)cc1. The van der Waals surface area contributed by atoms with Crippen LogP contribution >= 0.6 is 21.6 Å². The molecule has 2 aromatic rings. The van der Waals surface area contributed by atoms with Crippen LogP contribution in [0.4, 0.5) is 5.69 Å². The molecule has 0 amide bonds. The van der Waals surface area contributed by atoms with Crippen molar-refractivity contribution in [2.75, 3.05) is 5.73 Å². The third-order valence-corrected chi connectivity index (χ3v) is 4.19. The quantitative estimate of drug-likeness (QED) is 0.663. The number of pyridine rings is 1. The number of aromatic nitrogens is 1. The highest BCUT2D eigenvalue weighted by Crippen LogP contribution is 2.31. The molecular formula is C12H12N2S2. The third kappa shape index (κ3) is 3.47. The van der Waals surface area contributed by atoms with Crippen molar-refractivity contribution in [2.45, 2.75) is 10.8 Å². The van der Waals surface area contributed by atoms with E-state index < -0.39 is 0 Å². The fourth-order valence-electron chi connectivity index (χ4n) is 1.17. The van der Waals surface area contributed by atoms with Crippen LogP contribution in [0.15, 0.2) is 53.7 Å². The van der Waals surface area contributed by atoms with E-state index in [4.69, 9.17) is 5.73 Å². The zero-order valence-electron chi connectivity index (χ0n) is 8.67. The average molecular weight is 248 g/mol. The number of nitrogens with zero attached hydrogens (tertiary/aromatic N) is 1. The van der Waals surface area contributed by atoms with Crippen molar-refractivity contribution < 1.29 is 0 Å². The highest BCUT2D eigenvalue weighted by atomic mass is 33.1. The molecule has 82 valence electrons. The highest BCUT2D eigenvalue weighted by molar-refractivity contribution is 8.76. The van der Waals surface area contributed by atoms with E-state index in [9.17, 15) is 0 Å². The summed E-state index contributed by atoms with van der Waals surface area (Å²) in [7, 11) is 3.47. The van der Waals surface area contributed by atoms with Crippen molar-refractivity contribution in [1.29, 1.82) is 0 Å². The molecule has 16 heavy (non-hydrogen) atoms. The number of hydrogen-bond donors (Lipinski definition) is 1. The van der Waals surface area contributed by atoms with Crippen molar-refractivity contribution in [1.82, 2.24) is 4.98 Å². The van der Waals surface area contributed by atoms with E-state index in [0.29, 0.717) is 0 Å². The van der Waals surface area contributed by atoms with Crippen molar-refractivity contribution in [3.8, 4) is 0 Å². The Morgan fingerprint density at radius 3 is 2.56 bits per heavy atom. The first kappa shape index (κ1) is 11.4. The van der Waals surface area contributed by atoms with E-state index in [0.717, 1.165) is 16.5 Å². The molecule has 0 unspecified atom stereocenters. The molecule has 0 aliphatic rings. The largest absolute Gasteiger partial charge is 0.399 e. The summed E-state index contributed by atoms with van der Waals surface area (Å²) in [5, 5.41) is 1.04. The van der Waals surface area contributed by atoms with Gasteiger partial charge < -0.3 is 5.73 Å². The minimum Gasteiger partial charge on any atom is -0.399 e. The van der Waals surface area contributed by atoms with Gasteiger partial charge in [0.15, 0.2) is 0 Å². The van der Waals surface area contributed by atoms with Crippen LogP contribution in [0.5, 0.6) is 0 Å². The van der Waals surface area contributed by atoms with Gasteiger partial charge in [0.25, 0.3) is 0 Å². The Bertz CT molecular complexity index is 429. The van der Waals surface area contributed by atoms with Crippen LogP contribution in [0.2, 0.25) is 0 Å². The summed E-state index contributed by atoms with van der Waals surface area (Å²) in [6, 6.07) is 13.9. The fourth-order valence-corrected chi connectivity index (χ4v) is 3.16. The second-order valence-electron chi connectivity index (χ2n) is 3.26. The molecule has 0 aliphatic carbocycles. The van der Waals surface area contributed by atoms with Crippen LogP contribution in [-0.2, 0) is 5.75 Å². The number of nitrogen functional groups attached to an aromatic ring is 1. The van der Waals surface area contributed by atoms with Gasteiger partial charge >= 0.3 is 0 Å². The third-order valence-electron chi connectivity index (χ3n) is 1.99. The molecular weight excluding hydrogens is 236 g/mol. The summed E-state index contributed by atoms with van der Waals surface area (Å²) >= 11 is 0. The van der Waals surface area contributed by atoms with Gasteiger partial charge in [-0.05, 0) is 40.6 Å². The smallest absolute Gasteiger partial charge is 0.106 e. The average Bonchev–Trinajstić information content (AvgIpc) is 2.33. The Kier molecular flexibility index (Phi) is 4.13. The molecule has 1 heterocycles. The molecule has 0 spiro atoms. The summed E-state index contributed by atoms with van der Waals surface area (Å²) in [6.07, 6.45) is 1.81. The van der Waals surface area contributed by atoms with E-state index in [2.05, 4.69) is 17.1 Å². The molecule has 0 aliphatic heterocycles. The van der Waals surface area contributed by atoms with E-state index in [1.54, 1.807) is 21.6 Å². The lowest BCUT2D eigenvalue weighted by atomic mass is 10.2. The molecule has 0 fully saturated rings. The van der Waals surface area contributed by atoms with Crippen LogP contribution in [0, 0.1) is 0 Å². The fraction of sp³-hybridized carbons (Fsp3) is 0.0833. The highest BCUT2D eigenvalue weighted by Gasteiger charge is 1.96. The minimum absolute atomic E-state index is 0.811. The first-order chi connectivity index (χ1) is 7.84. The predicted octanol–water partition coefficient (Wildman–Crippen LogP) is 3.60. The molecule has 0 atom stereocenters. The van der Waals surface area contributed by atoms with E-state index in [1.165, 1.54) is 5.56 Å². The van der Waals surface area contributed by atoms with Crippen molar-refractivity contribution in [2.24, 2.45) is 0 Å². The van der Waals surface area contributed by atoms with Gasteiger partial charge in [0, 0.05) is 17.6 Å². The Balaban J connectivity index is 1.82. The zero-order valence-corrected chi connectivity index (χ0v) is 10.3. The molecule has 0 saturated heterocycles. The summed E-state index contributed by atoms with van der Waals surface area (Å²) in [4.78, 5) is 4.25. The van der Waals surface area contributed by atoms with Crippen LogP contribution in [0.25, 0.3) is 0 Å². The second kappa shape index (κ2) is 5.82. The van der Waals surface area contributed by atoms with E-state index in [1.807, 2.05) is 36.5 Å². The molecule has 4 heteroatoms. The monoisotopic (exact) mass is 248 g/mol. The van der Waals surface area contributed by atoms with E-state index >= 15 is 0 Å². The van der Waals surface area contributed by atoms with Gasteiger partial charge in [-0.25, -0.2) is 4.98 Å². The van der Waals surface area contributed by atoms with Crippen molar-refractivity contribution >= 4 is 27.3 Å². The first-order valence-electron chi connectivity index (χ1n) is 4.89. The van der Waals surface area contributed by atoms with Gasteiger partial charge in [0.1, 0.15) is 5.03 Å². The lowest BCUT2D eigenvalue weighted by Gasteiger charge is -2.01. The number of benzene rings is 1. The van der Waals surface area contributed by atoms with E-state index in [-0.39, 0.29) is 0 Å². The van der Waals surface area contributed by atoms with Crippen LogP contribution < -0.4 is 5.73 Å². The second-order valence-corrected chi connectivity index (χ2v) is 5.57. The Hall–Kier alpha value is -1.13. The molecule has 2 N–H and O–H groups in total. The molecule has 1 aromatic heterocycles. The number of hydrogen-bond acceptors (Lipinski definition) is 4. The van der Waals surface area contributed by atoms with Gasteiger partial charge in [0.05, 0.1) is 0 Å². The molecule has 2 rings (SSSR count). The molecule has 2 nitrogen and oxygen atoms in total. The normalized spacial score (nSPS) is 10.2. The van der Waals surface area contributed by atoms with Gasteiger partial charge in [-0.1, -0.05) is 29.0 Å². The van der Waals surface area contributed by atoms with Crippen LogP contribution in [0.3, 0.4) is 0 Å². The van der Waals surface area contributed by atoms with Gasteiger partial charge in [0.2, 0.25) is 0 Å². The van der Waals surface area contributed by atoms with Gasteiger partial charge in [-0.2, -0.15) is 0 Å².